The van der Waals surface area contributed by atoms with E-state index >= 15 is 0 Å². The van der Waals surface area contributed by atoms with Crippen LogP contribution in [0.1, 0.15) is 33.7 Å². The van der Waals surface area contributed by atoms with E-state index in [9.17, 15) is 19.2 Å². The quantitative estimate of drug-likeness (QED) is 0.803. The number of aromatic nitrogens is 3. The molecule has 0 bridgehead atoms. The van der Waals surface area contributed by atoms with Crippen LogP contribution in [0.4, 0.5) is 0 Å². The number of rotatable bonds is 3. The summed E-state index contributed by atoms with van der Waals surface area (Å²) in [6.45, 7) is 0.698. The number of pyridine rings is 1. The van der Waals surface area contributed by atoms with Gasteiger partial charge < -0.3 is 9.47 Å². The number of nitrogens with zero attached hydrogens (tertiary/aromatic N) is 3. The van der Waals surface area contributed by atoms with Gasteiger partial charge >= 0.3 is 5.69 Å². The van der Waals surface area contributed by atoms with Crippen molar-refractivity contribution < 1.29 is 9.59 Å². The Hall–Kier alpha value is -3.03. The molecular weight excluding hydrogens is 324 g/mol. The molecule has 1 amide bonds. The van der Waals surface area contributed by atoms with Crippen molar-refractivity contribution in [2.24, 2.45) is 13.0 Å². The Kier molecular flexibility index (Phi) is 4.60. The first-order valence-corrected chi connectivity index (χ1v) is 8.02. The van der Waals surface area contributed by atoms with Gasteiger partial charge in [-0.25, -0.2) is 4.79 Å². The second-order valence-corrected chi connectivity index (χ2v) is 6.08. The van der Waals surface area contributed by atoms with Crippen molar-refractivity contribution in [2.75, 3.05) is 13.1 Å². The number of piperidine rings is 1. The number of aromatic amines is 1. The molecule has 8 nitrogen and oxygen atoms in total. The van der Waals surface area contributed by atoms with Crippen molar-refractivity contribution >= 4 is 11.7 Å². The molecule has 1 N–H and O–H groups in total. The molecule has 1 aliphatic heterocycles. The number of H-pyrrole nitrogens is 1. The van der Waals surface area contributed by atoms with Gasteiger partial charge in [0, 0.05) is 38.4 Å². The highest BCUT2D eigenvalue weighted by molar-refractivity contribution is 5.97. The molecule has 3 heterocycles. The number of Topliss-reactive ketones (excluding diaryl/α,β-unsaturated/α-hetero) is 1. The predicted molar refractivity (Wildman–Crippen MR) is 89.5 cm³/mol. The lowest BCUT2D eigenvalue weighted by Crippen LogP contribution is -2.45. The van der Waals surface area contributed by atoms with Gasteiger partial charge in [-0.1, -0.05) is 6.07 Å². The lowest BCUT2D eigenvalue weighted by Gasteiger charge is -2.31. The second kappa shape index (κ2) is 6.84. The van der Waals surface area contributed by atoms with Crippen LogP contribution in [0, 0.1) is 5.92 Å². The molecule has 1 fully saturated rings. The minimum absolute atomic E-state index is 0.104. The average molecular weight is 342 g/mol. The van der Waals surface area contributed by atoms with E-state index in [2.05, 4.69) is 9.97 Å². The van der Waals surface area contributed by atoms with Gasteiger partial charge in [0.15, 0.2) is 5.78 Å². The first kappa shape index (κ1) is 16.8. The van der Waals surface area contributed by atoms with Crippen LogP contribution in [-0.4, -0.2) is 44.2 Å². The van der Waals surface area contributed by atoms with Crippen molar-refractivity contribution in [2.45, 2.75) is 12.8 Å². The van der Waals surface area contributed by atoms with Crippen molar-refractivity contribution in [1.29, 1.82) is 0 Å². The van der Waals surface area contributed by atoms with E-state index in [1.54, 1.807) is 24.4 Å². The van der Waals surface area contributed by atoms with E-state index in [0.29, 0.717) is 25.1 Å². The molecule has 3 rings (SSSR count). The highest BCUT2D eigenvalue weighted by Gasteiger charge is 2.31. The van der Waals surface area contributed by atoms with E-state index in [4.69, 9.17) is 0 Å². The molecule has 0 radical (unpaired) electrons. The Balaban J connectivity index is 1.81. The standard InChI is InChI=1S/C17H18N4O4/c1-20-10-12(15(23)19-17(20)25)16(24)21-8-4-5-11(9-21)14(22)13-6-2-3-7-18-13/h2-3,6-7,10-11H,4-5,8-9H2,1H3,(H,19,23,25). The predicted octanol–water partition coefficient (Wildman–Crippen LogP) is 0.204. The number of aryl methyl sites for hydroxylation is 1. The van der Waals surface area contributed by atoms with Crippen LogP contribution in [0.5, 0.6) is 0 Å². The fourth-order valence-corrected chi connectivity index (χ4v) is 2.98. The molecule has 25 heavy (non-hydrogen) atoms. The summed E-state index contributed by atoms with van der Waals surface area (Å²) in [4.78, 5) is 56.2. The maximum atomic E-state index is 12.7. The summed E-state index contributed by atoms with van der Waals surface area (Å²) in [7, 11) is 1.46. The molecule has 130 valence electrons. The minimum atomic E-state index is -0.716. The normalized spacial score (nSPS) is 17.3. The van der Waals surface area contributed by atoms with Crippen LogP contribution in [0.2, 0.25) is 0 Å². The number of hydrogen-bond donors (Lipinski definition) is 1. The molecule has 1 unspecified atom stereocenters. The number of nitrogens with one attached hydrogen (secondary N) is 1. The van der Waals surface area contributed by atoms with Crippen LogP contribution in [0.15, 0.2) is 40.2 Å². The Morgan fingerprint density at radius 3 is 2.80 bits per heavy atom. The molecule has 2 aromatic heterocycles. The maximum absolute atomic E-state index is 12.7. The largest absolute Gasteiger partial charge is 0.338 e. The Bertz CT molecular complexity index is 916. The van der Waals surface area contributed by atoms with Crippen molar-refractivity contribution in [1.82, 2.24) is 19.4 Å². The summed E-state index contributed by atoms with van der Waals surface area (Å²) < 4.78 is 1.15. The van der Waals surface area contributed by atoms with Crippen LogP contribution in [-0.2, 0) is 7.05 Å². The first-order valence-electron chi connectivity index (χ1n) is 8.02. The van der Waals surface area contributed by atoms with Crippen LogP contribution in [0.25, 0.3) is 0 Å². The fraction of sp³-hybridized carbons (Fsp3) is 0.353. The number of carbonyl (C=O) groups excluding carboxylic acids is 2. The number of ketones is 1. The molecule has 2 aromatic rings. The van der Waals surface area contributed by atoms with Gasteiger partial charge in [-0.15, -0.1) is 0 Å². The van der Waals surface area contributed by atoms with Gasteiger partial charge in [-0.05, 0) is 25.0 Å². The van der Waals surface area contributed by atoms with E-state index in [1.807, 2.05) is 0 Å². The molecule has 0 aromatic carbocycles. The Morgan fingerprint density at radius 2 is 2.08 bits per heavy atom. The zero-order valence-corrected chi connectivity index (χ0v) is 13.8. The van der Waals surface area contributed by atoms with Crippen molar-refractivity contribution in [3.05, 3.63) is 62.7 Å². The topological polar surface area (TPSA) is 105 Å². The molecule has 0 aliphatic carbocycles. The third-order valence-electron chi connectivity index (χ3n) is 4.34. The lowest BCUT2D eigenvalue weighted by atomic mass is 9.91. The maximum Gasteiger partial charge on any atom is 0.328 e. The molecule has 0 spiro atoms. The van der Waals surface area contributed by atoms with Gasteiger partial charge in [-0.2, -0.15) is 0 Å². The highest BCUT2D eigenvalue weighted by Crippen LogP contribution is 2.21. The molecule has 1 saturated heterocycles. The first-order chi connectivity index (χ1) is 12.0. The Morgan fingerprint density at radius 1 is 1.28 bits per heavy atom. The third-order valence-corrected chi connectivity index (χ3v) is 4.34. The summed E-state index contributed by atoms with van der Waals surface area (Å²) in [6.07, 6.45) is 4.12. The summed E-state index contributed by atoms with van der Waals surface area (Å²) in [5.74, 6) is -0.929. The smallest absolute Gasteiger partial charge is 0.328 e. The number of carbonyl (C=O) groups is 2. The van der Waals surface area contributed by atoms with Crippen LogP contribution >= 0.6 is 0 Å². The lowest BCUT2D eigenvalue weighted by molar-refractivity contribution is 0.0633. The molecular formula is C17H18N4O4. The van der Waals surface area contributed by atoms with Gasteiger partial charge in [0.1, 0.15) is 11.3 Å². The Labute approximate surface area is 143 Å². The summed E-state index contributed by atoms with van der Waals surface area (Å²) >= 11 is 0. The second-order valence-electron chi connectivity index (χ2n) is 6.08. The minimum Gasteiger partial charge on any atom is -0.338 e. The van der Waals surface area contributed by atoms with Crippen LogP contribution < -0.4 is 11.2 Å². The van der Waals surface area contributed by atoms with Gasteiger partial charge in [0.25, 0.3) is 11.5 Å². The molecule has 1 atom stereocenters. The van der Waals surface area contributed by atoms with Crippen LogP contribution in [0.3, 0.4) is 0 Å². The van der Waals surface area contributed by atoms with Crippen molar-refractivity contribution in [3.63, 3.8) is 0 Å². The zero-order chi connectivity index (χ0) is 18.0. The highest BCUT2D eigenvalue weighted by atomic mass is 16.2. The molecule has 8 heteroatoms. The SMILES string of the molecule is Cn1cc(C(=O)N2CCCC(C(=O)c3ccccn3)C2)c(=O)[nH]c1=O. The molecule has 0 saturated carbocycles. The molecule has 1 aliphatic rings. The van der Waals surface area contributed by atoms with E-state index in [-0.39, 0.29) is 23.8 Å². The van der Waals surface area contributed by atoms with Gasteiger partial charge in [0.2, 0.25) is 0 Å². The van der Waals surface area contributed by atoms with Crippen molar-refractivity contribution in [3.8, 4) is 0 Å². The number of likely N-dealkylation sites (tertiary alicyclic amines) is 1. The monoisotopic (exact) mass is 342 g/mol. The zero-order valence-electron chi connectivity index (χ0n) is 13.8. The van der Waals surface area contributed by atoms with Gasteiger partial charge in [0.05, 0.1) is 0 Å². The number of hydrogen-bond acceptors (Lipinski definition) is 5. The van der Waals surface area contributed by atoms with Gasteiger partial charge in [-0.3, -0.25) is 24.4 Å². The van der Waals surface area contributed by atoms with E-state index in [0.717, 1.165) is 4.57 Å². The number of amides is 1. The summed E-state index contributed by atoms with van der Waals surface area (Å²) in [6, 6.07) is 5.14. The van der Waals surface area contributed by atoms with E-state index < -0.39 is 17.2 Å². The third kappa shape index (κ3) is 3.42. The summed E-state index contributed by atoms with van der Waals surface area (Å²) in [5.41, 5.74) is -1.02. The van der Waals surface area contributed by atoms with E-state index in [1.165, 1.54) is 18.1 Å². The average Bonchev–Trinajstić information content (AvgIpc) is 2.64. The fourth-order valence-electron chi connectivity index (χ4n) is 2.98. The summed E-state index contributed by atoms with van der Waals surface area (Å²) in [5, 5.41) is 0.